The second-order valence-electron chi connectivity index (χ2n) is 6.91. The zero-order valence-electron chi connectivity index (χ0n) is 16.2. The molecule has 30 heavy (non-hydrogen) atoms. The quantitative estimate of drug-likeness (QED) is 0.661. The first-order valence-corrected chi connectivity index (χ1v) is 9.72. The van der Waals surface area contributed by atoms with Crippen LogP contribution in [0.2, 0.25) is 0 Å². The minimum atomic E-state index is -0.402. The van der Waals surface area contributed by atoms with Crippen molar-refractivity contribution in [1.29, 1.82) is 0 Å². The number of aromatic nitrogens is 1. The molecule has 1 N–H and O–H groups in total. The van der Waals surface area contributed by atoms with Crippen molar-refractivity contribution in [2.45, 2.75) is 12.8 Å². The van der Waals surface area contributed by atoms with Gasteiger partial charge < -0.3 is 19.4 Å². The molecule has 4 rings (SSSR count). The lowest BCUT2D eigenvalue weighted by Crippen LogP contribution is -2.36. The molecule has 156 valence electrons. The van der Waals surface area contributed by atoms with Crippen LogP contribution in [-0.2, 0) is 16.0 Å². The Bertz CT molecular complexity index is 1030. The van der Waals surface area contributed by atoms with Crippen molar-refractivity contribution < 1.29 is 22.7 Å². The third kappa shape index (κ3) is 4.65. The van der Waals surface area contributed by atoms with Crippen LogP contribution in [0.15, 0.2) is 53.1 Å². The minimum absolute atomic E-state index is 0.101. The molecular formula is C22H21F2N3O3. The van der Waals surface area contributed by atoms with E-state index in [0.29, 0.717) is 54.9 Å². The summed E-state index contributed by atoms with van der Waals surface area (Å²) in [5, 5.41) is 2.68. The Balaban J connectivity index is 1.33. The van der Waals surface area contributed by atoms with E-state index in [1.54, 1.807) is 30.3 Å². The molecule has 0 spiro atoms. The van der Waals surface area contributed by atoms with Crippen molar-refractivity contribution in [2.75, 3.05) is 36.5 Å². The van der Waals surface area contributed by atoms with Crippen molar-refractivity contribution in [3.63, 3.8) is 0 Å². The fourth-order valence-corrected chi connectivity index (χ4v) is 3.30. The van der Waals surface area contributed by atoms with Crippen LogP contribution in [0, 0.1) is 11.6 Å². The molecule has 1 amide bonds. The first-order chi connectivity index (χ1) is 14.6. The highest BCUT2D eigenvalue weighted by Crippen LogP contribution is 2.25. The number of anilines is 2. The van der Waals surface area contributed by atoms with E-state index in [2.05, 4.69) is 10.3 Å². The third-order valence-corrected chi connectivity index (χ3v) is 4.84. The number of ether oxygens (including phenoxy) is 1. The zero-order valence-corrected chi connectivity index (χ0v) is 16.2. The Labute approximate surface area is 172 Å². The number of hydrogen-bond acceptors (Lipinski definition) is 5. The predicted molar refractivity (Wildman–Crippen MR) is 108 cm³/mol. The Kier molecular flexibility index (Phi) is 6.04. The van der Waals surface area contributed by atoms with E-state index in [1.165, 1.54) is 18.3 Å². The number of halogens is 2. The average molecular weight is 413 g/mol. The van der Waals surface area contributed by atoms with Gasteiger partial charge in [-0.15, -0.1) is 0 Å². The summed E-state index contributed by atoms with van der Waals surface area (Å²) < 4.78 is 39.1. The number of nitrogens with one attached hydrogen (secondary N) is 1. The summed E-state index contributed by atoms with van der Waals surface area (Å²) in [5.41, 5.74) is 1.20. The van der Waals surface area contributed by atoms with E-state index in [4.69, 9.17) is 9.15 Å². The van der Waals surface area contributed by atoms with E-state index in [1.807, 2.05) is 4.90 Å². The lowest BCUT2D eigenvalue weighted by atomic mass is 10.2. The molecule has 0 bridgehead atoms. The first-order valence-electron chi connectivity index (χ1n) is 9.72. The van der Waals surface area contributed by atoms with E-state index in [0.717, 1.165) is 0 Å². The number of carbonyl (C=O) groups excluding carboxylic acids is 1. The largest absolute Gasteiger partial charge is 0.441 e. The molecule has 3 aromatic rings. The van der Waals surface area contributed by atoms with Crippen LogP contribution in [0.4, 0.5) is 20.2 Å². The second kappa shape index (κ2) is 9.04. The molecule has 1 aromatic heterocycles. The Morgan fingerprint density at radius 2 is 1.90 bits per heavy atom. The Morgan fingerprint density at radius 1 is 1.10 bits per heavy atom. The second-order valence-corrected chi connectivity index (χ2v) is 6.91. The van der Waals surface area contributed by atoms with Crippen LogP contribution in [0.1, 0.15) is 12.3 Å². The number of rotatable bonds is 6. The lowest BCUT2D eigenvalue weighted by molar-refractivity contribution is -0.116. The molecular weight excluding hydrogens is 392 g/mol. The summed E-state index contributed by atoms with van der Waals surface area (Å²) in [4.78, 5) is 18.2. The van der Waals surface area contributed by atoms with Crippen molar-refractivity contribution in [1.82, 2.24) is 4.98 Å². The fraction of sp³-hybridized carbons (Fsp3) is 0.273. The summed E-state index contributed by atoms with van der Waals surface area (Å²) in [7, 11) is 0. The number of carbonyl (C=O) groups is 1. The summed E-state index contributed by atoms with van der Waals surface area (Å²) in [6, 6.07) is 10.9. The molecule has 1 saturated heterocycles. The van der Waals surface area contributed by atoms with Gasteiger partial charge in [0.2, 0.25) is 5.91 Å². The molecule has 0 saturated carbocycles. The maximum atomic E-state index is 14.4. The number of oxazole rings is 1. The summed E-state index contributed by atoms with van der Waals surface area (Å²) in [6.07, 6.45) is 1.78. The molecule has 1 fully saturated rings. The van der Waals surface area contributed by atoms with E-state index in [-0.39, 0.29) is 18.7 Å². The maximum absolute atomic E-state index is 14.4. The molecule has 0 unspecified atom stereocenters. The Hall–Kier alpha value is -3.26. The average Bonchev–Trinajstić information content (AvgIpc) is 3.22. The van der Waals surface area contributed by atoms with Crippen LogP contribution < -0.4 is 10.2 Å². The number of hydrogen-bond donors (Lipinski definition) is 1. The molecule has 1 aliphatic heterocycles. The summed E-state index contributed by atoms with van der Waals surface area (Å²) in [5.74, 6) is -0.446. The lowest BCUT2D eigenvalue weighted by Gasteiger charge is -2.29. The molecule has 0 radical (unpaired) electrons. The smallest absolute Gasteiger partial charge is 0.224 e. The highest BCUT2D eigenvalue weighted by molar-refractivity contribution is 5.91. The molecule has 6 nitrogen and oxygen atoms in total. The minimum Gasteiger partial charge on any atom is -0.441 e. The van der Waals surface area contributed by atoms with Gasteiger partial charge in [0.15, 0.2) is 11.7 Å². The number of morpholine rings is 1. The van der Waals surface area contributed by atoms with Gasteiger partial charge in [0.25, 0.3) is 0 Å². The van der Waals surface area contributed by atoms with E-state index < -0.39 is 11.6 Å². The molecule has 2 heterocycles. The molecule has 0 atom stereocenters. The molecule has 2 aromatic carbocycles. The van der Waals surface area contributed by atoms with Gasteiger partial charge in [0, 0.05) is 31.6 Å². The van der Waals surface area contributed by atoms with Gasteiger partial charge in [-0.3, -0.25) is 4.79 Å². The standard InChI is InChI=1S/C22H21F2N3O3/c23-17-4-2-1-3-16(17)20-14-25-22(30-20)8-7-21(28)26-15-5-6-19(18(24)13-15)27-9-11-29-12-10-27/h1-6,13-14H,7-12H2,(H,26,28). The summed E-state index contributed by atoms with van der Waals surface area (Å²) >= 11 is 0. The summed E-state index contributed by atoms with van der Waals surface area (Å²) in [6.45, 7) is 2.40. The van der Waals surface area contributed by atoms with Gasteiger partial charge in [-0.05, 0) is 30.3 Å². The van der Waals surface area contributed by atoms with Crippen LogP contribution in [0.3, 0.4) is 0 Å². The first kappa shape index (κ1) is 20.0. The maximum Gasteiger partial charge on any atom is 0.224 e. The zero-order chi connectivity index (χ0) is 20.9. The van der Waals surface area contributed by atoms with Gasteiger partial charge in [-0.2, -0.15) is 0 Å². The van der Waals surface area contributed by atoms with Crippen LogP contribution >= 0.6 is 0 Å². The molecule has 8 heteroatoms. The number of benzene rings is 2. The van der Waals surface area contributed by atoms with Crippen molar-refractivity contribution in [3.8, 4) is 11.3 Å². The fourth-order valence-electron chi connectivity index (χ4n) is 3.30. The SMILES string of the molecule is O=C(CCc1ncc(-c2ccccc2F)o1)Nc1ccc(N2CCOCC2)c(F)c1. The highest BCUT2D eigenvalue weighted by atomic mass is 19.1. The number of amides is 1. The van der Waals surface area contributed by atoms with E-state index in [9.17, 15) is 13.6 Å². The Morgan fingerprint density at radius 3 is 2.67 bits per heavy atom. The predicted octanol–water partition coefficient (Wildman–Crippen LogP) is 4.03. The number of nitrogens with zero attached hydrogens (tertiary/aromatic N) is 2. The molecule has 1 aliphatic rings. The highest BCUT2D eigenvalue weighted by Gasteiger charge is 2.16. The van der Waals surface area contributed by atoms with Crippen LogP contribution in [0.25, 0.3) is 11.3 Å². The van der Waals surface area contributed by atoms with Gasteiger partial charge >= 0.3 is 0 Å². The molecule has 0 aliphatic carbocycles. The van der Waals surface area contributed by atoms with Crippen molar-refractivity contribution >= 4 is 17.3 Å². The van der Waals surface area contributed by atoms with Crippen molar-refractivity contribution in [2.24, 2.45) is 0 Å². The topological polar surface area (TPSA) is 67.6 Å². The van der Waals surface area contributed by atoms with Crippen molar-refractivity contribution in [3.05, 3.63) is 66.2 Å². The third-order valence-electron chi connectivity index (χ3n) is 4.84. The van der Waals surface area contributed by atoms with E-state index >= 15 is 0 Å². The van der Waals surface area contributed by atoms with Crippen LogP contribution in [-0.4, -0.2) is 37.2 Å². The normalized spacial score (nSPS) is 14.0. The monoisotopic (exact) mass is 413 g/mol. The van der Waals surface area contributed by atoms with Crippen LogP contribution in [0.5, 0.6) is 0 Å². The van der Waals surface area contributed by atoms with Gasteiger partial charge in [-0.25, -0.2) is 13.8 Å². The number of aryl methyl sites for hydroxylation is 1. The van der Waals surface area contributed by atoms with Gasteiger partial charge in [0.05, 0.1) is 30.7 Å². The van der Waals surface area contributed by atoms with Gasteiger partial charge in [-0.1, -0.05) is 12.1 Å². The van der Waals surface area contributed by atoms with Gasteiger partial charge in [0.1, 0.15) is 11.6 Å².